The molecule has 1 N–H and O–H groups in total. The molecular formula is C19H33N. The molecule has 1 aromatic rings. The first kappa shape index (κ1) is 17.2. The van der Waals surface area contributed by atoms with Crippen LogP contribution in [0.25, 0.3) is 0 Å². The average Bonchev–Trinajstić information content (AvgIpc) is 2.37. The molecule has 0 aromatic heterocycles. The van der Waals surface area contributed by atoms with Gasteiger partial charge >= 0.3 is 0 Å². The fourth-order valence-electron chi connectivity index (χ4n) is 2.71. The molecule has 0 saturated heterocycles. The summed E-state index contributed by atoms with van der Waals surface area (Å²) in [6, 6.07) is 9.17. The van der Waals surface area contributed by atoms with Crippen molar-refractivity contribution in [3.05, 3.63) is 35.4 Å². The van der Waals surface area contributed by atoms with Gasteiger partial charge in [0.05, 0.1) is 0 Å². The van der Waals surface area contributed by atoms with Crippen LogP contribution in [0.3, 0.4) is 0 Å². The third-order valence-electron chi connectivity index (χ3n) is 3.96. The largest absolute Gasteiger partial charge is 0.312 e. The van der Waals surface area contributed by atoms with Gasteiger partial charge in [-0.15, -0.1) is 0 Å². The van der Waals surface area contributed by atoms with Crippen molar-refractivity contribution in [2.24, 2.45) is 5.41 Å². The Morgan fingerprint density at radius 1 is 0.900 bits per heavy atom. The van der Waals surface area contributed by atoms with Gasteiger partial charge in [0.1, 0.15) is 0 Å². The summed E-state index contributed by atoms with van der Waals surface area (Å²) in [4.78, 5) is 0. The fourth-order valence-corrected chi connectivity index (χ4v) is 2.71. The Hall–Kier alpha value is -0.820. The number of hydrogen-bond acceptors (Lipinski definition) is 1. The van der Waals surface area contributed by atoms with E-state index in [-0.39, 0.29) is 5.54 Å². The van der Waals surface area contributed by atoms with Crippen LogP contribution < -0.4 is 5.32 Å². The highest BCUT2D eigenvalue weighted by Crippen LogP contribution is 2.28. The van der Waals surface area contributed by atoms with E-state index in [9.17, 15) is 0 Å². The zero-order valence-corrected chi connectivity index (χ0v) is 14.3. The van der Waals surface area contributed by atoms with Gasteiger partial charge in [-0.1, -0.05) is 51.5 Å². The Morgan fingerprint density at radius 2 is 1.45 bits per heavy atom. The molecule has 114 valence electrons. The molecule has 0 spiro atoms. The van der Waals surface area contributed by atoms with Gasteiger partial charge < -0.3 is 5.32 Å². The summed E-state index contributed by atoms with van der Waals surface area (Å²) >= 11 is 0. The maximum Gasteiger partial charge on any atom is 0.00967 e. The highest BCUT2D eigenvalue weighted by atomic mass is 15.0. The number of benzene rings is 1. The Balaban J connectivity index is 2.73. The van der Waals surface area contributed by atoms with Crippen molar-refractivity contribution in [2.45, 2.75) is 72.8 Å². The van der Waals surface area contributed by atoms with Gasteiger partial charge in [-0.3, -0.25) is 0 Å². The molecule has 0 amide bonds. The van der Waals surface area contributed by atoms with Crippen LogP contribution in [0.15, 0.2) is 24.3 Å². The molecule has 1 aromatic carbocycles. The maximum absolute atomic E-state index is 3.69. The van der Waals surface area contributed by atoms with Crippen LogP contribution in [0.2, 0.25) is 0 Å². The van der Waals surface area contributed by atoms with Crippen LogP contribution in [0.4, 0.5) is 0 Å². The molecule has 1 unspecified atom stereocenters. The lowest BCUT2D eigenvalue weighted by molar-refractivity contribution is 0.244. The Labute approximate surface area is 126 Å². The Bertz CT molecular complexity index is 385. The summed E-state index contributed by atoms with van der Waals surface area (Å²) < 4.78 is 0. The van der Waals surface area contributed by atoms with Gasteiger partial charge in [0, 0.05) is 12.1 Å². The predicted octanol–water partition coefficient (Wildman–Crippen LogP) is 4.99. The minimum Gasteiger partial charge on any atom is -0.312 e. The zero-order valence-electron chi connectivity index (χ0n) is 14.3. The third kappa shape index (κ3) is 6.09. The Kier molecular flexibility index (Phi) is 6.26. The van der Waals surface area contributed by atoms with Crippen molar-refractivity contribution in [3.63, 3.8) is 0 Å². The van der Waals surface area contributed by atoms with E-state index in [2.05, 4.69) is 71.1 Å². The molecule has 20 heavy (non-hydrogen) atoms. The van der Waals surface area contributed by atoms with E-state index in [4.69, 9.17) is 0 Å². The molecule has 1 heteroatoms. The molecule has 0 saturated carbocycles. The normalized spacial score (nSPS) is 15.1. The molecule has 1 atom stereocenters. The molecule has 0 aliphatic rings. The second-order valence-electron chi connectivity index (χ2n) is 7.51. The van der Waals surface area contributed by atoms with Crippen LogP contribution in [0, 0.1) is 5.41 Å². The van der Waals surface area contributed by atoms with Gasteiger partial charge in [0.15, 0.2) is 0 Å². The van der Waals surface area contributed by atoms with E-state index in [1.165, 1.54) is 24.0 Å². The highest BCUT2D eigenvalue weighted by molar-refractivity contribution is 5.23. The molecule has 0 fully saturated rings. The van der Waals surface area contributed by atoms with Crippen molar-refractivity contribution >= 4 is 0 Å². The van der Waals surface area contributed by atoms with Gasteiger partial charge in [-0.2, -0.15) is 0 Å². The SMILES string of the molecule is CCCC(C)(CNC(C)(C)C)Cc1ccc(CC)cc1. The first-order valence-corrected chi connectivity index (χ1v) is 8.11. The first-order valence-electron chi connectivity index (χ1n) is 8.11. The molecule has 0 heterocycles. The number of aryl methyl sites for hydroxylation is 1. The van der Waals surface area contributed by atoms with Crippen molar-refractivity contribution in [1.82, 2.24) is 5.32 Å². The smallest absolute Gasteiger partial charge is 0.00967 e. The lowest BCUT2D eigenvalue weighted by Crippen LogP contribution is -2.43. The molecule has 1 rings (SSSR count). The monoisotopic (exact) mass is 275 g/mol. The van der Waals surface area contributed by atoms with E-state index in [1.807, 2.05) is 0 Å². The van der Waals surface area contributed by atoms with Crippen molar-refractivity contribution in [1.29, 1.82) is 0 Å². The predicted molar refractivity (Wildman–Crippen MR) is 90.3 cm³/mol. The van der Waals surface area contributed by atoms with Crippen molar-refractivity contribution < 1.29 is 0 Å². The zero-order chi connectivity index (χ0) is 15.2. The molecule has 0 aliphatic carbocycles. The summed E-state index contributed by atoms with van der Waals surface area (Å²) in [6.45, 7) is 14.7. The minimum absolute atomic E-state index is 0.196. The summed E-state index contributed by atoms with van der Waals surface area (Å²) in [5.41, 5.74) is 3.43. The highest BCUT2D eigenvalue weighted by Gasteiger charge is 2.25. The van der Waals surface area contributed by atoms with E-state index in [0.717, 1.165) is 19.4 Å². The van der Waals surface area contributed by atoms with Gasteiger partial charge in [-0.05, 0) is 56.6 Å². The second kappa shape index (κ2) is 7.26. The van der Waals surface area contributed by atoms with Gasteiger partial charge in [-0.25, -0.2) is 0 Å². The van der Waals surface area contributed by atoms with Crippen molar-refractivity contribution in [2.75, 3.05) is 6.54 Å². The van der Waals surface area contributed by atoms with Crippen LogP contribution in [-0.2, 0) is 12.8 Å². The van der Waals surface area contributed by atoms with E-state index < -0.39 is 0 Å². The van der Waals surface area contributed by atoms with E-state index >= 15 is 0 Å². The summed E-state index contributed by atoms with van der Waals surface area (Å²) in [6.07, 6.45) is 4.80. The van der Waals surface area contributed by atoms with Crippen LogP contribution in [0.1, 0.15) is 65.5 Å². The average molecular weight is 275 g/mol. The second-order valence-corrected chi connectivity index (χ2v) is 7.51. The van der Waals surface area contributed by atoms with Gasteiger partial charge in [0.2, 0.25) is 0 Å². The lowest BCUT2D eigenvalue weighted by Gasteiger charge is -2.34. The first-order chi connectivity index (χ1) is 9.28. The summed E-state index contributed by atoms with van der Waals surface area (Å²) in [5.74, 6) is 0. The third-order valence-corrected chi connectivity index (χ3v) is 3.96. The Morgan fingerprint density at radius 3 is 1.90 bits per heavy atom. The fraction of sp³-hybridized carbons (Fsp3) is 0.684. The number of rotatable bonds is 7. The topological polar surface area (TPSA) is 12.0 Å². The minimum atomic E-state index is 0.196. The van der Waals surface area contributed by atoms with E-state index in [0.29, 0.717) is 5.41 Å². The molecular weight excluding hydrogens is 242 g/mol. The number of hydrogen-bond donors (Lipinski definition) is 1. The molecule has 0 aliphatic heterocycles. The summed E-state index contributed by atoms with van der Waals surface area (Å²) in [5, 5.41) is 3.69. The molecule has 0 radical (unpaired) electrons. The molecule has 1 nitrogen and oxygen atoms in total. The lowest BCUT2D eigenvalue weighted by atomic mass is 9.79. The van der Waals surface area contributed by atoms with Crippen LogP contribution in [-0.4, -0.2) is 12.1 Å². The van der Waals surface area contributed by atoms with Crippen LogP contribution >= 0.6 is 0 Å². The maximum atomic E-state index is 3.69. The molecule has 0 bridgehead atoms. The van der Waals surface area contributed by atoms with Crippen molar-refractivity contribution in [3.8, 4) is 0 Å². The van der Waals surface area contributed by atoms with E-state index in [1.54, 1.807) is 0 Å². The summed E-state index contributed by atoms with van der Waals surface area (Å²) in [7, 11) is 0. The van der Waals surface area contributed by atoms with Gasteiger partial charge in [0.25, 0.3) is 0 Å². The standard InChI is InChI=1S/C19H33N/c1-7-13-19(6,15-20-18(3,4)5)14-17-11-9-16(8-2)10-12-17/h9-12,20H,7-8,13-15H2,1-6H3. The van der Waals surface area contributed by atoms with Crippen LogP contribution in [0.5, 0.6) is 0 Å². The quantitative estimate of drug-likeness (QED) is 0.739. The number of nitrogens with one attached hydrogen (secondary N) is 1.